The van der Waals surface area contributed by atoms with Gasteiger partial charge >= 0.3 is 0 Å². The van der Waals surface area contributed by atoms with Crippen LogP contribution in [0.3, 0.4) is 0 Å². The second-order valence-electron chi connectivity index (χ2n) is 5.34. The third-order valence-electron chi connectivity index (χ3n) is 3.55. The highest BCUT2D eigenvalue weighted by Crippen LogP contribution is 2.22. The number of hydrogen-bond donors (Lipinski definition) is 1. The van der Waals surface area contributed by atoms with Gasteiger partial charge in [-0.15, -0.1) is 0 Å². The van der Waals surface area contributed by atoms with Gasteiger partial charge in [0.25, 0.3) is 0 Å². The van der Waals surface area contributed by atoms with Crippen LogP contribution >= 0.6 is 23.2 Å². The minimum atomic E-state index is -0.505. The lowest BCUT2D eigenvalue weighted by Crippen LogP contribution is -2.25. The average Bonchev–Trinajstić information content (AvgIpc) is 3.06. The summed E-state index contributed by atoms with van der Waals surface area (Å²) in [6, 6.07) is 13.1. The second kappa shape index (κ2) is 7.68. The molecule has 0 saturated carbocycles. The maximum Gasteiger partial charge on any atom is 0.224 e. The van der Waals surface area contributed by atoms with Crippen LogP contribution in [-0.2, 0) is 17.8 Å². The van der Waals surface area contributed by atoms with Crippen molar-refractivity contribution in [2.24, 2.45) is 0 Å². The lowest BCUT2D eigenvalue weighted by Gasteiger charge is -2.06. The number of carbonyl (C=O) groups excluding carboxylic acids is 1. The van der Waals surface area contributed by atoms with E-state index in [2.05, 4.69) is 10.5 Å². The number of nitrogens with one attached hydrogen (secondary N) is 1. The summed E-state index contributed by atoms with van der Waals surface area (Å²) in [5, 5.41) is 7.43. The number of hydrogen-bond acceptors (Lipinski definition) is 3. The first-order chi connectivity index (χ1) is 12.0. The highest BCUT2D eigenvalue weighted by atomic mass is 35.5. The van der Waals surface area contributed by atoms with Crippen LogP contribution in [0.5, 0.6) is 0 Å². The molecule has 4 nitrogen and oxygen atoms in total. The zero-order valence-corrected chi connectivity index (χ0v) is 14.4. The van der Waals surface area contributed by atoms with Crippen LogP contribution in [0.1, 0.15) is 11.3 Å². The zero-order chi connectivity index (χ0) is 17.8. The second-order valence-corrected chi connectivity index (χ2v) is 6.19. The molecule has 2 aromatic carbocycles. The Kier molecular flexibility index (Phi) is 5.36. The van der Waals surface area contributed by atoms with Gasteiger partial charge in [-0.05, 0) is 36.4 Å². The zero-order valence-electron chi connectivity index (χ0n) is 12.9. The van der Waals surface area contributed by atoms with Crippen LogP contribution in [0.2, 0.25) is 10.0 Å². The summed E-state index contributed by atoms with van der Waals surface area (Å²) in [5.41, 5.74) is 1.55. The van der Waals surface area contributed by atoms with E-state index in [9.17, 15) is 9.18 Å². The molecule has 0 aliphatic rings. The van der Waals surface area contributed by atoms with Crippen LogP contribution in [0, 0.1) is 5.82 Å². The van der Waals surface area contributed by atoms with Crippen molar-refractivity contribution in [2.45, 2.75) is 13.0 Å². The van der Waals surface area contributed by atoms with Gasteiger partial charge in [-0.2, -0.15) is 0 Å². The maximum absolute atomic E-state index is 13.7. The van der Waals surface area contributed by atoms with E-state index in [1.54, 1.807) is 24.3 Å². The van der Waals surface area contributed by atoms with E-state index >= 15 is 0 Å². The first-order valence-corrected chi connectivity index (χ1v) is 8.19. The Labute approximate surface area is 153 Å². The van der Waals surface area contributed by atoms with Gasteiger partial charge in [0.15, 0.2) is 5.76 Å². The molecule has 0 aliphatic heterocycles. The average molecular weight is 379 g/mol. The van der Waals surface area contributed by atoms with Crippen LogP contribution in [0.25, 0.3) is 11.3 Å². The van der Waals surface area contributed by atoms with Gasteiger partial charge in [-0.3, -0.25) is 4.79 Å². The van der Waals surface area contributed by atoms with Crippen molar-refractivity contribution in [1.29, 1.82) is 0 Å². The first-order valence-electron chi connectivity index (χ1n) is 7.44. The smallest absolute Gasteiger partial charge is 0.224 e. The van der Waals surface area contributed by atoms with Crippen LogP contribution in [-0.4, -0.2) is 11.1 Å². The Bertz CT molecular complexity index is 874. The van der Waals surface area contributed by atoms with E-state index in [4.69, 9.17) is 27.7 Å². The molecule has 128 valence electrons. The number of nitrogens with zero attached hydrogens (tertiary/aromatic N) is 1. The Morgan fingerprint density at radius 3 is 2.64 bits per heavy atom. The molecule has 1 heterocycles. The molecule has 1 amide bonds. The molecule has 3 rings (SSSR count). The summed E-state index contributed by atoms with van der Waals surface area (Å²) < 4.78 is 18.9. The first kappa shape index (κ1) is 17.5. The Hall–Kier alpha value is -2.37. The van der Waals surface area contributed by atoms with Crippen molar-refractivity contribution < 1.29 is 13.7 Å². The van der Waals surface area contributed by atoms with Gasteiger partial charge in [0.2, 0.25) is 5.91 Å². The Morgan fingerprint density at radius 2 is 1.92 bits per heavy atom. The van der Waals surface area contributed by atoms with E-state index in [0.29, 0.717) is 16.5 Å². The van der Waals surface area contributed by atoms with E-state index in [1.165, 1.54) is 12.1 Å². The number of halogens is 3. The van der Waals surface area contributed by atoms with Crippen LogP contribution < -0.4 is 5.32 Å². The predicted octanol–water partition coefficient (Wildman–Crippen LogP) is 4.65. The number of benzene rings is 2. The molecule has 0 unspecified atom stereocenters. The van der Waals surface area contributed by atoms with E-state index in [1.807, 2.05) is 12.1 Å². The molecule has 25 heavy (non-hydrogen) atoms. The molecule has 7 heteroatoms. The number of carbonyl (C=O) groups is 1. The molecule has 0 atom stereocenters. The Morgan fingerprint density at radius 1 is 1.16 bits per heavy atom. The van der Waals surface area contributed by atoms with E-state index < -0.39 is 5.82 Å². The molecule has 1 aromatic heterocycles. The van der Waals surface area contributed by atoms with Crippen LogP contribution in [0.4, 0.5) is 4.39 Å². The predicted molar refractivity (Wildman–Crippen MR) is 93.9 cm³/mol. The molecular formula is C18H13Cl2FN2O2. The summed E-state index contributed by atoms with van der Waals surface area (Å²) in [4.78, 5) is 12.0. The lowest BCUT2D eigenvalue weighted by atomic mass is 10.1. The minimum Gasteiger partial charge on any atom is -0.356 e. The third-order valence-corrected chi connectivity index (χ3v) is 4.16. The minimum absolute atomic E-state index is 0.145. The summed E-state index contributed by atoms with van der Waals surface area (Å²) in [6.45, 7) is 0.169. The van der Waals surface area contributed by atoms with Gasteiger partial charge in [0.05, 0.1) is 13.0 Å². The summed E-state index contributed by atoms with van der Waals surface area (Å²) in [5.74, 6) is -0.296. The van der Waals surface area contributed by atoms with Gasteiger partial charge in [-0.1, -0.05) is 34.4 Å². The van der Waals surface area contributed by atoms with Gasteiger partial charge < -0.3 is 9.84 Å². The highest BCUT2D eigenvalue weighted by Gasteiger charge is 2.13. The fourth-order valence-electron chi connectivity index (χ4n) is 2.26. The highest BCUT2D eigenvalue weighted by molar-refractivity contribution is 6.31. The maximum atomic E-state index is 13.7. The van der Waals surface area contributed by atoms with Crippen LogP contribution in [0.15, 0.2) is 53.1 Å². The van der Waals surface area contributed by atoms with E-state index in [-0.39, 0.29) is 29.5 Å². The molecule has 0 spiro atoms. The van der Waals surface area contributed by atoms with Crippen molar-refractivity contribution in [3.8, 4) is 11.3 Å². The number of rotatable bonds is 5. The molecule has 0 saturated heterocycles. The standard InChI is InChI=1S/C18H13Cl2FN2O2/c19-12-6-4-11(5-7-12)17-8-13(23-25-17)10-22-18(24)9-14-15(20)2-1-3-16(14)21/h1-8H,9-10H2,(H,22,24). The molecule has 0 radical (unpaired) electrons. The van der Waals surface area contributed by atoms with E-state index in [0.717, 1.165) is 5.56 Å². The quantitative estimate of drug-likeness (QED) is 0.702. The monoisotopic (exact) mass is 378 g/mol. The largest absolute Gasteiger partial charge is 0.356 e. The molecule has 0 aliphatic carbocycles. The Balaban J connectivity index is 1.60. The molecule has 0 bridgehead atoms. The molecule has 3 aromatic rings. The number of amides is 1. The molecule has 0 fully saturated rings. The third kappa shape index (κ3) is 4.38. The van der Waals surface area contributed by atoms with Crippen molar-refractivity contribution in [3.05, 3.63) is 75.7 Å². The SMILES string of the molecule is O=C(Cc1c(F)cccc1Cl)NCc1cc(-c2ccc(Cl)cc2)on1. The summed E-state index contributed by atoms with van der Waals surface area (Å²) in [7, 11) is 0. The summed E-state index contributed by atoms with van der Waals surface area (Å²) >= 11 is 11.8. The normalized spacial score (nSPS) is 10.7. The van der Waals surface area contributed by atoms with Crippen molar-refractivity contribution >= 4 is 29.1 Å². The lowest BCUT2D eigenvalue weighted by molar-refractivity contribution is -0.120. The summed E-state index contributed by atoms with van der Waals surface area (Å²) in [6.07, 6.45) is -0.145. The van der Waals surface area contributed by atoms with Gasteiger partial charge in [0.1, 0.15) is 11.5 Å². The molecule has 1 N–H and O–H groups in total. The topological polar surface area (TPSA) is 55.1 Å². The van der Waals surface area contributed by atoms with Crippen molar-refractivity contribution in [1.82, 2.24) is 10.5 Å². The van der Waals surface area contributed by atoms with Crippen molar-refractivity contribution in [2.75, 3.05) is 0 Å². The molecular weight excluding hydrogens is 366 g/mol. The fourth-order valence-corrected chi connectivity index (χ4v) is 2.61. The van der Waals surface area contributed by atoms with Crippen molar-refractivity contribution in [3.63, 3.8) is 0 Å². The fraction of sp³-hybridized carbons (Fsp3) is 0.111. The van der Waals surface area contributed by atoms with Gasteiger partial charge in [0, 0.05) is 27.2 Å². The van der Waals surface area contributed by atoms with Gasteiger partial charge in [-0.25, -0.2) is 4.39 Å². The number of aromatic nitrogens is 1.